The molecular formula is C22H29FN4O5. The minimum absolute atomic E-state index is 0.0525. The summed E-state index contributed by atoms with van der Waals surface area (Å²) in [4.78, 5) is 42.3. The van der Waals surface area contributed by atoms with Crippen molar-refractivity contribution in [2.75, 3.05) is 52.5 Å². The Hall–Kier alpha value is -2.72. The lowest BCUT2D eigenvalue weighted by molar-refractivity contribution is -0.137. The summed E-state index contributed by atoms with van der Waals surface area (Å²) in [7, 11) is 0. The highest BCUT2D eigenvalue weighted by atomic mass is 19.1. The minimum Gasteiger partial charge on any atom is -0.491 e. The van der Waals surface area contributed by atoms with E-state index in [1.54, 1.807) is 4.90 Å². The molecule has 32 heavy (non-hydrogen) atoms. The first-order valence-electron chi connectivity index (χ1n) is 11.1. The zero-order valence-corrected chi connectivity index (χ0v) is 18.0. The van der Waals surface area contributed by atoms with Crippen LogP contribution in [0.25, 0.3) is 0 Å². The Labute approximate surface area is 186 Å². The summed E-state index contributed by atoms with van der Waals surface area (Å²) in [6.07, 6.45) is 1.57. The van der Waals surface area contributed by atoms with Crippen molar-refractivity contribution in [3.63, 3.8) is 0 Å². The fourth-order valence-electron chi connectivity index (χ4n) is 4.55. The fraction of sp³-hybridized carbons (Fsp3) is 0.591. The molecule has 10 heteroatoms. The lowest BCUT2D eigenvalue weighted by Gasteiger charge is -2.34. The monoisotopic (exact) mass is 448 g/mol. The van der Waals surface area contributed by atoms with Gasteiger partial charge in [0.15, 0.2) is 0 Å². The smallest absolute Gasteiger partial charge is 0.255 e. The van der Waals surface area contributed by atoms with E-state index >= 15 is 0 Å². The van der Waals surface area contributed by atoms with Crippen LogP contribution in [0.3, 0.4) is 0 Å². The number of hydrogen-bond acceptors (Lipinski definition) is 6. The molecular weight excluding hydrogens is 419 g/mol. The van der Waals surface area contributed by atoms with Gasteiger partial charge in [-0.05, 0) is 31.0 Å². The van der Waals surface area contributed by atoms with E-state index in [1.165, 1.54) is 12.1 Å². The molecule has 2 atom stereocenters. The zero-order valence-electron chi connectivity index (χ0n) is 18.0. The standard InChI is InChI=1S/C22H29FN4O5/c23-15-1-4-19-18(11-15)22(30)25-13-17-3-2-16(12-20(28)24-5-8-32-19)27(17)21(29)14-26-6-9-31-10-7-26/h1,4,11,16-17H,2-3,5-10,12-14H2,(H,24,28)(H,25,30)/t16-,17+/m0/s1. The zero-order chi connectivity index (χ0) is 22.5. The molecule has 3 heterocycles. The molecule has 2 bridgehead atoms. The molecule has 3 aliphatic heterocycles. The van der Waals surface area contributed by atoms with Crippen molar-refractivity contribution in [3.05, 3.63) is 29.6 Å². The summed E-state index contributed by atoms with van der Waals surface area (Å²) in [5.74, 6) is -0.947. The average molecular weight is 448 g/mol. The van der Waals surface area contributed by atoms with Crippen molar-refractivity contribution < 1.29 is 28.2 Å². The number of nitrogens with zero attached hydrogens (tertiary/aromatic N) is 2. The Bertz CT molecular complexity index is 861. The number of fused-ring (bicyclic) bond motifs is 3. The number of morpholine rings is 1. The largest absolute Gasteiger partial charge is 0.491 e. The van der Waals surface area contributed by atoms with E-state index in [0.29, 0.717) is 39.1 Å². The van der Waals surface area contributed by atoms with Gasteiger partial charge in [-0.1, -0.05) is 0 Å². The van der Waals surface area contributed by atoms with Crippen molar-refractivity contribution >= 4 is 17.7 Å². The van der Waals surface area contributed by atoms with E-state index in [9.17, 15) is 18.8 Å². The molecule has 3 amide bonds. The maximum Gasteiger partial charge on any atom is 0.255 e. The highest BCUT2D eigenvalue weighted by Crippen LogP contribution is 2.27. The fourth-order valence-corrected chi connectivity index (χ4v) is 4.55. The lowest BCUT2D eigenvalue weighted by Crippen LogP contribution is -2.52. The Balaban J connectivity index is 1.53. The van der Waals surface area contributed by atoms with Gasteiger partial charge in [0.25, 0.3) is 5.91 Å². The molecule has 0 aromatic heterocycles. The number of carbonyl (C=O) groups excluding carboxylic acids is 3. The Morgan fingerprint density at radius 1 is 1.09 bits per heavy atom. The number of benzene rings is 1. The number of hydrogen-bond donors (Lipinski definition) is 2. The molecule has 2 fully saturated rings. The highest BCUT2D eigenvalue weighted by Gasteiger charge is 2.38. The maximum absolute atomic E-state index is 13.8. The molecule has 2 saturated heterocycles. The molecule has 0 spiro atoms. The summed E-state index contributed by atoms with van der Waals surface area (Å²) in [5.41, 5.74) is 0.0918. The van der Waals surface area contributed by atoms with Crippen molar-refractivity contribution in [1.29, 1.82) is 0 Å². The third-order valence-corrected chi connectivity index (χ3v) is 6.16. The molecule has 1 aromatic rings. The van der Waals surface area contributed by atoms with Crippen LogP contribution in [0.1, 0.15) is 29.6 Å². The third kappa shape index (κ3) is 5.36. The first-order chi connectivity index (χ1) is 15.5. The number of nitrogens with one attached hydrogen (secondary N) is 2. The maximum atomic E-state index is 13.8. The van der Waals surface area contributed by atoms with E-state index in [2.05, 4.69) is 10.6 Å². The number of rotatable bonds is 2. The van der Waals surface area contributed by atoms with Crippen LogP contribution in [0.4, 0.5) is 4.39 Å². The number of ether oxygens (including phenoxy) is 2. The molecule has 0 radical (unpaired) electrons. The average Bonchev–Trinajstić information content (AvgIpc) is 3.18. The van der Waals surface area contributed by atoms with E-state index in [-0.39, 0.29) is 67.9 Å². The van der Waals surface area contributed by atoms with Gasteiger partial charge in [-0.15, -0.1) is 0 Å². The molecule has 3 aliphatic rings. The second-order valence-electron chi connectivity index (χ2n) is 8.33. The number of halogens is 1. The molecule has 2 N–H and O–H groups in total. The van der Waals surface area contributed by atoms with Gasteiger partial charge in [0.1, 0.15) is 18.2 Å². The van der Waals surface area contributed by atoms with Crippen molar-refractivity contribution in [3.8, 4) is 5.75 Å². The van der Waals surface area contributed by atoms with E-state index in [4.69, 9.17) is 9.47 Å². The SMILES string of the molecule is O=C1C[C@@H]2CC[C@H](CNC(=O)c3cc(F)ccc3OCCN1)N2C(=O)CN1CCOCC1. The summed E-state index contributed by atoms with van der Waals surface area (Å²) >= 11 is 0. The molecule has 1 aromatic carbocycles. The number of carbonyl (C=O) groups is 3. The molecule has 0 unspecified atom stereocenters. The summed E-state index contributed by atoms with van der Waals surface area (Å²) in [6.45, 7) is 3.44. The van der Waals surface area contributed by atoms with Gasteiger partial charge in [0.05, 0.1) is 31.9 Å². The highest BCUT2D eigenvalue weighted by molar-refractivity contribution is 5.97. The second kappa shape index (κ2) is 10.3. The first kappa shape index (κ1) is 22.5. The lowest BCUT2D eigenvalue weighted by atomic mass is 10.1. The van der Waals surface area contributed by atoms with Crippen molar-refractivity contribution in [2.24, 2.45) is 0 Å². The molecule has 4 rings (SSSR count). The molecule has 9 nitrogen and oxygen atoms in total. The second-order valence-corrected chi connectivity index (χ2v) is 8.33. The quantitative estimate of drug-likeness (QED) is 0.668. The molecule has 0 aliphatic carbocycles. The van der Waals surface area contributed by atoms with Gasteiger partial charge in [0, 0.05) is 38.1 Å². The van der Waals surface area contributed by atoms with E-state index in [1.807, 2.05) is 4.90 Å². The van der Waals surface area contributed by atoms with Gasteiger partial charge in [0.2, 0.25) is 11.8 Å². The predicted octanol–water partition coefficient (Wildman–Crippen LogP) is 0.146. The first-order valence-corrected chi connectivity index (χ1v) is 11.1. The number of amides is 3. The van der Waals surface area contributed by atoms with E-state index in [0.717, 1.165) is 6.07 Å². The van der Waals surface area contributed by atoms with Crippen LogP contribution in [-0.4, -0.2) is 92.1 Å². The van der Waals surface area contributed by atoms with E-state index < -0.39 is 11.7 Å². The van der Waals surface area contributed by atoms with Crippen LogP contribution < -0.4 is 15.4 Å². The van der Waals surface area contributed by atoms with Gasteiger partial charge >= 0.3 is 0 Å². The summed E-state index contributed by atoms with van der Waals surface area (Å²) in [5, 5.41) is 5.64. The van der Waals surface area contributed by atoms with Crippen LogP contribution >= 0.6 is 0 Å². The van der Waals surface area contributed by atoms with Crippen LogP contribution in [0.15, 0.2) is 18.2 Å². The Morgan fingerprint density at radius 2 is 1.88 bits per heavy atom. The predicted molar refractivity (Wildman–Crippen MR) is 113 cm³/mol. The van der Waals surface area contributed by atoms with Gasteiger partial charge in [-0.2, -0.15) is 0 Å². The molecule has 174 valence electrons. The minimum atomic E-state index is -0.542. The molecule has 0 saturated carbocycles. The third-order valence-electron chi connectivity index (χ3n) is 6.16. The topological polar surface area (TPSA) is 100 Å². The van der Waals surface area contributed by atoms with Crippen LogP contribution in [0, 0.1) is 5.82 Å². The Kier molecular flexibility index (Phi) is 7.21. The van der Waals surface area contributed by atoms with Gasteiger partial charge in [-0.3, -0.25) is 19.3 Å². The van der Waals surface area contributed by atoms with Crippen LogP contribution in [-0.2, 0) is 14.3 Å². The van der Waals surface area contributed by atoms with Crippen LogP contribution in [0.2, 0.25) is 0 Å². The van der Waals surface area contributed by atoms with Crippen molar-refractivity contribution in [2.45, 2.75) is 31.3 Å². The summed E-state index contributed by atoms with van der Waals surface area (Å²) in [6, 6.07) is 3.31. The normalized spacial score (nSPS) is 25.2. The van der Waals surface area contributed by atoms with Gasteiger partial charge in [-0.25, -0.2) is 4.39 Å². The summed E-state index contributed by atoms with van der Waals surface area (Å²) < 4.78 is 24.7. The van der Waals surface area contributed by atoms with Crippen LogP contribution in [0.5, 0.6) is 5.75 Å². The van der Waals surface area contributed by atoms with Gasteiger partial charge < -0.3 is 25.0 Å². The Morgan fingerprint density at radius 3 is 2.69 bits per heavy atom. The van der Waals surface area contributed by atoms with Crippen molar-refractivity contribution in [1.82, 2.24) is 20.4 Å².